The van der Waals surface area contributed by atoms with E-state index in [-0.39, 0.29) is 11.9 Å². The Labute approximate surface area is 228 Å². The molecule has 1 fully saturated rings. The Hall–Kier alpha value is -4.23. The highest BCUT2D eigenvalue weighted by molar-refractivity contribution is 6.06. The van der Waals surface area contributed by atoms with Crippen molar-refractivity contribution >= 4 is 27.6 Å². The van der Waals surface area contributed by atoms with E-state index < -0.39 is 0 Å². The second-order valence-corrected chi connectivity index (χ2v) is 10.2. The summed E-state index contributed by atoms with van der Waals surface area (Å²) in [5, 5.41) is 10.7. The first-order valence-electron chi connectivity index (χ1n) is 13.6. The molecule has 7 heteroatoms. The van der Waals surface area contributed by atoms with Crippen LogP contribution in [0, 0.1) is 0 Å². The maximum atomic E-state index is 13.5. The highest BCUT2D eigenvalue weighted by Crippen LogP contribution is 2.27. The number of carbonyl (C=O) groups is 1. The molecule has 39 heavy (non-hydrogen) atoms. The van der Waals surface area contributed by atoms with Gasteiger partial charge in [0, 0.05) is 49.1 Å². The number of aryl methyl sites for hydroxylation is 1. The summed E-state index contributed by atoms with van der Waals surface area (Å²) in [4.78, 5) is 20.8. The van der Waals surface area contributed by atoms with Gasteiger partial charge < -0.3 is 10.1 Å². The lowest BCUT2D eigenvalue weighted by Crippen LogP contribution is -2.44. The van der Waals surface area contributed by atoms with Crippen molar-refractivity contribution < 1.29 is 9.53 Å². The van der Waals surface area contributed by atoms with Crippen LogP contribution >= 0.6 is 0 Å². The average molecular weight is 520 g/mol. The molecular formula is C32H33N5O2. The second-order valence-electron chi connectivity index (χ2n) is 10.2. The van der Waals surface area contributed by atoms with E-state index in [9.17, 15) is 4.79 Å². The Kier molecular flexibility index (Phi) is 6.99. The van der Waals surface area contributed by atoms with Crippen molar-refractivity contribution in [1.29, 1.82) is 0 Å². The molecule has 198 valence electrons. The number of nitrogens with zero attached hydrogens (tertiary/aromatic N) is 4. The number of hydrogen-bond acceptors (Lipinski definition) is 5. The van der Waals surface area contributed by atoms with E-state index in [1.807, 2.05) is 79.4 Å². The largest absolute Gasteiger partial charge is 0.494 e. The number of benzene rings is 3. The van der Waals surface area contributed by atoms with E-state index >= 15 is 0 Å². The monoisotopic (exact) mass is 519 g/mol. The van der Waals surface area contributed by atoms with Gasteiger partial charge in [0.2, 0.25) is 0 Å². The maximum Gasteiger partial charge on any atom is 0.270 e. The topological polar surface area (TPSA) is 72.3 Å². The minimum absolute atomic E-state index is 0.112. The minimum Gasteiger partial charge on any atom is -0.494 e. The lowest BCUT2D eigenvalue weighted by molar-refractivity contribution is 0.0906. The zero-order valence-electron chi connectivity index (χ0n) is 22.4. The number of likely N-dealkylation sites (tertiary alicyclic amines) is 1. The van der Waals surface area contributed by atoms with Gasteiger partial charge in [0.15, 0.2) is 0 Å². The SMILES string of the molecule is CCOc1ccc(-c2cc3ccccc3c(C(=O)NC3CCN(Cc4ccc5c(cnn5C)c4)CC3)n2)cc1. The van der Waals surface area contributed by atoms with Gasteiger partial charge in [-0.3, -0.25) is 14.4 Å². The van der Waals surface area contributed by atoms with Crippen LogP contribution in [0.1, 0.15) is 35.8 Å². The number of aromatic nitrogens is 3. The summed E-state index contributed by atoms with van der Waals surface area (Å²) in [6, 6.07) is 24.6. The molecule has 3 heterocycles. The fourth-order valence-electron chi connectivity index (χ4n) is 5.47. The van der Waals surface area contributed by atoms with Crippen LogP contribution in [0.25, 0.3) is 32.9 Å². The average Bonchev–Trinajstić information content (AvgIpc) is 3.33. The molecule has 7 nitrogen and oxygen atoms in total. The van der Waals surface area contributed by atoms with Gasteiger partial charge in [0.1, 0.15) is 11.4 Å². The number of fused-ring (bicyclic) bond motifs is 2. The van der Waals surface area contributed by atoms with Crippen LogP contribution in [0.15, 0.2) is 79.0 Å². The standard InChI is InChI=1S/C32H33N5O2/c1-3-39-27-11-9-23(10-12-27)29-19-24-6-4-5-7-28(24)31(35-29)32(38)34-26-14-16-37(17-15-26)21-22-8-13-30-25(18-22)20-33-36(30)2/h4-13,18-20,26H,3,14-17,21H2,1-2H3,(H,34,38). The zero-order chi connectivity index (χ0) is 26.8. The van der Waals surface area contributed by atoms with Crippen molar-refractivity contribution in [3.8, 4) is 17.0 Å². The molecule has 5 aromatic rings. The van der Waals surface area contributed by atoms with Gasteiger partial charge in [0.25, 0.3) is 5.91 Å². The molecule has 2 aromatic heterocycles. The number of rotatable bonds is 7. The van der Waals surface area contributed by atoms with Gasteiger partial charge in [-0.2, -0.15) is 5.10 Å². The van der Waals surface area contributed by atoms with E-state index in [4.69, 9.17) is 9.72 Å². The summed E-state index contributed by atoms with van der Waals surface area (Å²) < 4.78 is 7.48. The Balaban J connectivity index is 1.14. The quantitative estimate of drug-likeness (QED) is 0.304. The van der Waals surface area contributed by atoms with E-state index in [0.717, 1.165) is 65.8 Å². The number of carbonyl (C=O) groups excluding carboxylic acids is 1. The van der Waals surface area contributed by atoms with Crippen LogP contribution in [0.5, 0.6) is 5.75 Å². The predicted octanol–water partition coefficient (Wildman–Crippen LogP) is 5.58. The van der Waals surface area contributed by atoms with Crippen molar-refractivity contribution in [3.63, 3.8) is 0 Å². The molecule has 1 amide bonds. The molecule has 0 spiro atoms. The van der Waals surface area contributed by atoms with Gasteiger partial charge in [-0.25, -0.2) is 4.98 Å². The minimum atomic E-state index is -0.112. The molecule has 0 aliphatic carbocycles. The van der Waals surface area contributed by atoms with Crippen LogP contribution in [-0.4, -0.2) is 51.3 Å². The number of ether oxygens (including phenoxy) is 1. The number of nitrogens with one attached hydrogen (secondary N) is 1. The Morgan fingerprint density at radius 2 is 1.79 bits per heavy atom. The molecule has 1 N–H and O–H groups in total. The van der Waals surface area contributed by atoms with Crippen LogP contribution < -0.4 is 10.1 Å². The fourth-order valence-corrected chi connectivity index (χ4v) is 5.47. The molecule has 3 aromatic carbocycles. The third kappa shape index (κ3) is 5.36. The summed E-state index contributed by atoms with van der Waals surface area (Å²) in [6.45, 7) is 5.38. The summed E-state index contributed by atoms with van der Waals surface area (Å²) in [5.74, 6) is 0.712. The van der Waals surface area contributed by atoms with Crippen molar-refractivity contribution in [3.05, 3.63) is 90.3 Å². The van der Waals surface area contributed by atoms with Gasteiger partial charge in [0.05, 0.1) is 24.0 Å². The van der Waals surface area contributed by atoms with Gasteiger partial charge >= 0.3 is 0 Å². The fraction of sp³-hybridized carbons (Fsp3) is 0.281. The second kappa shape index (κ2) is 10.9. The molecule has 0 atom stereocenters. The lowest BCUT2D eigenvalue weighted by atomic mass is 10.0. The Morgan fingerprint density at radius 1 is 1.00 bits per heavy atom. The van der Waals surface area contributed by atoms with Gasteiger partial charge in [-0.05, 0) is 73.2 Å². The highest BCUT2D eigenvalue weighted by atomic mass is 16.5. The molecule has 1 aliphatic heterocycles. The number of amides is 1. The molecule has 0 saturated carbocycles. The van der Waals surface area contributed by atoms with Crippen molar-refractivity contribution in [2.75, 3.05) is 19.7 Å². The van der Waals surface area contributed by atoms with Crippen molar-refractivity contribution in [2.45, 2.75) is 32.4 Å². The molecule has 1 saturated heterocycles. The Morgan fingerprint density at radius 3 is 2.59 bits per heavy atom. The molecule has 1 aliphatic rings. The third-order valence-electron chi connectivity index (χ3n) is 7.56. The van der Waals surface area contributed by atoms with Crippen molar-refractivity contribution in [2.24, 2.45) is 7.05 Å². The number of pyridine rings is 1. The predicted molar refractivity (Wildman–Crippen MR) is 155 cm³/mol. The lowest BCUT2D eigenvalue weighted by Gasteiger charge is -2.32. The van der Waals surface area contributed by atoms with Crippen molar-refractivity contribution in [1.82, 2.24) is 25.0 Å². The van der Waals surface area contributed by atoms with E-state index in [0.29, 0.717) is 12.3 Å². The molecule has 6 rings (SSSR count). The van der Waals surface area contributed by atoms with E-state index in [1.165, 1.54) is 10.9 Å². The van der Waals surface area contributed by atoms with Crippen LogP contribution in [0.2, 0.25) is 0 Å². The smallest absolute Gasteiger partial charge is 0.270 e. The molecule has 0 bridgehead atoms. The van der Waals surface area contributed by atoms with Gasteiger partial charge in [-0.1, -0.05) is 30.3 Å². The number of hydrogen-bond donors (Lipinski definition) is 1. The normalized spacial score (nSPS) is 14.6. The van der Waals surface area contributed by atoms with Crippen LogP contribution in [0.4, 0.5) is 0 Å². The highest BCUT2D eigenvalue weighted by Gasteiger charge is 2.23. The number of piperidine rings is 1. The zero-order valence-corrected chi connectivity index (χ0v) is 22.4. The third-order valence-corrected chi connectivity index (χ3v) is 7.56. The summed E-state index contributed by atoms with van der Waals surface area (Å²) >= 11 is 0. The first-order chi connectivity index (χ1) is 19.1. The summed E-state index contributed by atoms with van der Waals surface area (Å²) in [5.41, 5.74) is 4.65. The Bertz CT molecular complexity index is 1620. The summed E-state index contributed by atoms with van der Waals surface area (Å²) in [7, 11) is 1.97. The molecular weight excluding hydrogens is 486 g/mol. The van der Waals surface area contributed by atoms with E-state index in [2.05, 4.69) is 33.5 Å². The maximum absolute atomic E-state index is 13.5. The van der Waals surface area contributed by atoms with E-state index in [1.54, 1.807) is 0 Å². The summed E-state index contributed by atoms with van der Waals surface area (Å²) in [6.07, 6.45) is 3.75. The molecule has 0 unspecified atom stereocenters. The van der Waals surface area contributed by atoms with Gasteiger partial charge in [-0.15, -0.1) is 0 Å². The van der Waals surface area contributed by atoms with Crippen LogP contribution in [-0.2, 0) is 13.6 Å². The first-order valence-corrected chi connectivity index (χ1v) is 13.6. The molecule has 0 radical (unpaired) electrons. The van der Waals surface area contributed by atoms with Crippen LogP contribution in [0.3, 0.4) is 0 Å². The first kappa shape index (κ1) is 25.1.